The molecule has 1 aromatic heterocycles. The minimum absolute atomic E-state index is 0.439. The molecule has 4 heteroatoms. The molecule has 0 saturated carbocycles. The van der Waals surface area contributed by atoms with E-state index in [9.17, 15) is 0 Å². The third-order valence-electron chi connectivity index (χ3n) is 2.52. The molecular weight excluding hydrogens is 188 g/mol. The molecule has 1 saturated heterocycles. The van der Waals surface area contributed by atoms with Crippen LogP contribution in [0, 0.1) is 22.7 Å². The SMILES string of the molecule is N#Cc1cnc(N2CCCC2)c(C#N)c1. The molecule has 0 radical (unpaired) electrons. The van der Waals surface area contributed by atoms with Crippen LogP contribution in [0.15, 0.2) is 12.3 Å². The van der Waals surface area contributed by atoms with Crippen LogP contribution in [-0.2, 0) is 0 Å². The Hall–Kier alpha value is -2.07. The molecule has 1 aromatic rings. The summed E-state index contributed by atoms with van der Waals surface area (Å²) in [6, 6.07) is 5.68. The number of pyridine rings is 1. The van der Waals surface area contributed by atoms with E-state index in [0.717, 1.165) is 25.9 Å². The van der Waals surface area contributed by atoms with Crippen molar-refractivity contribution in [1.29, 1.82) is 10.5 Å². The number of hydrogen-bond acceptors (Lipinski definition) is 4. The van der Waals surface area contributed by atoms with Crippen molar-refractivity contribution in [3.05, 3.63) is 23.4 Å². The van der Waals surface area contributed by atoms with Crippen LogP contribution < -0.4 is 4.90 Å². The molecule has 0 unspecified atom stereocenters. The molecule has 0 spiro atoms. The molecular formula is C11H10N4. The summed E-state index contributed by atoms with van der Waals surface area (Å²) in [5.74, 6) is 0.717. The van der Waals surface area contributed by atoms with Gasteiger partial charge in [0.1, 0.15) is 18.0 Å². The lowest BCUT2D eigenvalue weighted by Gasteiger charge is -2.17. The maximum atomic E-state index is 8.97. The Kier molecular flexibility index (Phi) is 2.51. The van der Waals surface area contributed by atoms with E-state index in [4.69, 9.17) is 10.5 Å². The monoisotopic (exact) mass is 198 g/mol. The summed E-state index contributed by atoms with van der Waals surface area (Å²) in [6.07, 6.45) is 3.81. The zero-order valence-electron chi connectivity index (χ0n) is 8.27. The third-order valence-corrected chi connectivity index (χ3v) is 2.52. The number of rotatable bonds is 1. The summed E-state index contributed by atoms with van der Waals surface area (Å²) >= 11 is 0. The fraction of sp³-hybridized carbons (Fsp3) is 0.364. The maximum absolute atomic E-state index is 8.97. The molecule has 0 atom stereocenters. The first kappa shape index (κ1) is 9.48. The van der Waals surface area contributed by atoms with Crippen LogP contribution in [0.2, 0.25) is 0 Å². The van der Waals surface area contributed by atoms with E-state index in [1.807, 2.05) is 6.07 Å². The van der Waals surface area contributed by atoms with Crippen LogP contribution in [0.5, 0.6) is 0 Å². The second-order valence-electron chi connectivity index (χ2n) is 3.51. The highest BCUT2D eigenvalue weighted by molar-refractivity contribution is 5.56. The molecule has 1 fully saturated rings. The third kappa shape index (κ3) is 1.75. The van der Waals surface area contributed by atoms with E-state index >= 15 is 0 Å². The Bertz CT molecular complexity index is 447. The van der Waals surface area contributed by atoms with E-state index < -0.39 is 0 Å². The lowest BCUT2D eigenvalue weighted by atomic mass is 10.2. The van der Waals surface area contributed by atoms with Gasteiger partial charge in [0.25, 0.3) is 0 Å². The molecule has 0 amide bonds. The summed E-state index contributed by atoms with van der Waals surface area (Å²) in [5, 5.41) is 17.7. The lowest BCUT2D eigenvalue weighted by Crippen LogP contribution is -2.20. The van der Waals surface area contributed by atoms with Crippen molar-refractivity contribution in [2.75, 3.05) is 18.0 Å². The van der Waals surface area contributed by atoms with Crippen LogP contribution >= 0.6 is 0 Å². The van der Waals surface area contributed by atoms with Gasteiger partial charge in [-0.15, -0.1) is 0 Å². The molecule has 15 heavy (non-hydrogen) atoms. The van der Waals surface area contributed by atoms with Crippen molar-refractivity contribution in [1.82, 2.24) is 4.98 Å². The van der Waals surface area contributed by atoms with Crippen molar-refractivity contribution in [3.8, 4) is 12.1 Å². The van der Waals surface area contributed by atoms with Gasteiger partial charge in [0, 0.05) is 19.3 Å². The smallest absolute Gasteiger partial charge is 0.146 e. The summed E-state index contributed by atoms with van der Waals surface area (Å²) in [7, 11) is 0. The lowest BCUT2D eigenvalue weighted by molar-refractivity contribution is 0.933. The van der Waals surface area contributed by atoms with E-state index in [-0.39, 0.29) is 0 Å². The summed E-state index contributed by atoms with van der Waals surface area (Å²) in [5.41, 5.74) is 0.936. The average Bonchev–Trinajstić information content (AvgIpc) is 2.81. The fourth-order valence-corrected chi connectivity index (χ4v) is 1.78. The first-order valence-corrected chi connectivity index (χ1v) is 4.90. The molecule has 74 valence electrons. The molecule has 0 N–H and O–H groups in total. The number of hydrogen-bond donors (Lipinski definition) is 0. The Labute approximate surface area is 88.4 Å². The number of aromatic nitrogens is 1. The summed E-state index contributed by atoms with van der Waals surface area (Å²) in [4.78, 5) is 6.28. The highest BCUT2D eigenvalue weighted by atomic mass is 15.2. The highest BCUT2D eigenvalue weighted by Crippen LogP contribution is 2.22. The minimum Gasteiger partial charge on any atom is -0.356 e. The maximum Gasteiger partial charge on any atom is 0.146 e. The van der Waals surface area contributed by atoms with Gasteiger partial charge in [-0.2, -0.15) is 10.5 Å². The first-order valence-electron chi connectivity index (χ1n) is 4.90. The highest BCUT2D eigenvalue weighted by Gasteiger charge is 2.17. The Balaban J connectivity index is 2.40. The normalized spacial score (nSPS) is 14.7. The molecule has 2 rings (SSSR count). The van der Waals surface area contributed by atoms with Crippen LogP contribution in [0.25, 0.3) is 0 Å². The van der Waals surface area contributed by atoms with Crippen molar-refractivity contribution >= 4 is 5.82 Å². The van der Waals surface area contributed by atoms with Crippen LogP contribution in [0.4, 0.5) is 5.82 Å². The van der Waals surface area contributed by atoms with Crippen molar-refractivity contribution < 1.29 is 0 Å². The predicted octanol–water partition coefficient (Wildman–Crippen LogP) is 1.43. The quantitative estimate of drug-likeness (QED) is 0.684. The van der Waals surface area contributed by atoms with Gasteiger partial charge >= 0.3 is 0 Å². The van der Waals surface area contributed by atoms with Gasteiger partial charge in [-0.3, -0.25) is 0 Å². The molecule has 4 nitrogen and oxygen atoms in total. The topological polar surface area (TPSA) is 63.7 Å². The van der Waals surface area contributed by atoms with Gasteiger partial charge in [0.2, 0.25) is 0 Å². The Morgan fingerprint density at radius 3 is 2.53 bits per heavy atom. The van der Waals surface area contributed by atoms with E-state index in [2.05, 4.69) is 16.0 Å². The zero-order valence-corrected chi connectivity index (χ0v) is 8.27. The van der Waals surface area contributed by atoms with Gasteiger partial charge in [-0.1, -0.05) is 0 Å². The van der Waals surface area contributed by atoms with Crippen LogP contribution in [0.3, 0.4) is 0 Å². The summed E-state index contributed by atoms with van der Waals surface area (Å²) < 4.78 is 0. The summed E-state index contributed by atoms with van der Waals surface area (Å²) in [6.45, 7) is 1.90. The van der Waals surface area contributed by atoms with Crippen molar-refractivity contribution in [3.63, 3.8) is 0 Å². The molecule has 0 aromatic carbocycles. The number of nitrogens with zero attached hydrogens (tertiary/aromatic N) is 4. The molecule has 1 aliphatic rings. The molecule has 0 aliphatic carbocycles. The van der Waals surface area contributed by atoms with Crippen molar-refractivity contribution in [2.24, 2.45) is 0 Å². The number of nitriles is 2. The second-order valence-corrected chi connectivity index (χ2v) is 3.51. The predicted molar refractivity (Wildman–Crippen MR) is 55.1 cm³/mol. The largest absolute Gasteiger partial charge is 0.356 e. The molecule has 0 bridgehead atoms. The van der Waals surface area contributed by atoms with Crippen LogP contribution in [-0.4, -0.2) is 18.1 Å². The van der Waals surface area contributed by atoms with Gasteiger partial charge in [0.15, 0.2) is 0 Å². The fourth-order valence-electron chi connectivity index (χ4n) is 1.78. The van der Waals surface area contributed by atoms with Gasteiger partial charge < -0.3 is 4.90 Å². The minimum atomic E-state index is 0.439. The Morgan fingerprint density at radius 2 is 1.93 bits per heavy atom. The first-order chi connectivity index (χ1) is 7.35. The average molecular weight is 198 g/mol. The second kappa shape index (κ2) is 3.98. The Morgan fingerprint density at radius 1 is 1.20 bits per heavy atom. The van der Waals surface area contributed by atoms with Crippen molar-refractivity contribution in [2.45, 2.75) is 12.8 Å². The molecule has 1 aliphatic heterocycles. The standard InChI is InChI=1S/C11H10N4/c12-6-9-5-10(7-13)11(14-8-9)15-3-1-2-4-15/h5,8H,1-4H2. The van der Waals surface area contributed by atoms with Gasteiger partial charge in [0.05, 0.1) is 11.1 Å². The van der Waals surface area contributed by atoms with Gasteiger partial charge in [-0.05, 0) is 18.9 Å². The van der Waals surface area contributed by atoms with E-state index in [1.54, 1.807) is 6.07 Å². The van der Waals surface area contributed by atoms with E-state index in [0.29, 0.717) is 16.9 Å². The number of anilines is 1. The van der Waals surface area contributed by atoms with E-state index in [1.165, 1.54) is 6.20 Å². The van der Waals surface area contributed by atoms with Crippen LogP contribution in [0.1, 0.15) is 24.0 Å². The molecule has 2 heterocycles. The zero-order chi connectivity index (χ0) is 10.7. The van der Waals surface area contributed by atoms with Gasteiger partial charge in [-0.25, -0.2) is 4.98 Å².